The normalized spacial score (nSPS) is 12.3. The first-order chi connectivity index (χ1) is 12.9. The topological polar surface area (TPSA) is 58.3 Å². The molecule has 2 N–H and O–H groups in total. The maximum absolute atomic E-state index is 12.2. The molecule has 0 atom stereocenters. The van der Waals surface area contributed by atoms with Gasteiger partial charge in [0.2, 0.25) is 0 Å². The van der Waals surface area contributed by atoms with Crippen LogP contribution in [-0.4, -0.2) is 28.0 Å². The average Bonchev–Trinajstić information content (AvgIpc) is 3.07. The molecule has 0 aliphatic carbocycles. The van der Waals surface area contributed by atoms with Crippen molar-refractivity contribution in [3.63, 3.8) is 0 Å². The first-order valence-electron chi connectivity index (χ1n) is 9.34. The summed E-state index contributed by atoms with van der Waals surface area (Å²) in [5.74, 6) is 0. The molecule has 3 aromatic rings. The molecule has 5 heteroatoms. The Bertz CT molecular complexity index is 836. The summed E-state index contributed by atoms with van der Waals surface area (Å²) in [4.78, 5) is 12.2. The predicted molar refractivity (Wildman–Crippen MR) is 112 cm³/mol. The van der Waals surface area contributed by atoms with Crippen LogP contribution >= 0.6 is 0 Å². The van der Waals surface area contributed by atoms with Crippen LogP contribution in [-0.2, 0) is 20.1 Å². The number of benzene rings is 2. The van der Waals surface area contributed by atoms with E-state index in [4.69, 9.17) is 0 Å². The second kappa shape index (κ2) is 7.80. The highest BCUT2D eigenvalue weighted by atomic mass is 28.4. The Hall–Kier alpha value is -2.21. The van der Waals surface area contributed by atoms with Gasteiger partial charge in [-0.3, -0.25) is 4.68 Å². The van der Waals surface area contributed by atoms with E-state index >= 15 is 0 Å². The van der Waals surface area contributed by atoms with E-state index in [9.17, 15) is 9.90 Å². The van der Waals surface area contributed by atoms with Crippen molar-refractivity contribution in [2.75, 3.05) is 0 Å². The lowest BCUT2D eigenvalue weighted by Gasteiger charge is -2.41. The lowest BCUT2D eigenvalue weighted by atomic mass is 10.0. The Morgan fingerprint density at radius 3 is 1.93 bits per heavy atom. The quantitative estimate of drug-likeness (QED) is 0.619. The van der Waals surface area contributed by atoms with Crippen molar-refractivity contribution in [3.8, 4) is 0 Å². The highest BCUT2D eigenvalue weighted by Crippen LogP contribution is 2.39. The minimum absolute atomic E-state index is 0.0516. The van der Waals surface area contributed by atoms with E-state index in [0.717, 1.165) is 28.9 Å². The van der Waals surface area contributed by atoms with Crippen molar-refractivity contribution < 1.29 is 9.90 Å². The van der Waals surface area contributed by atoms with Crippen LogP contribution in [0.25, 0.3) is 0 Å². The number of aliphatic hydroxyl groups excluding tert-OH is 1. The molecule has 0 fully saturated rings. The molecule has 0 aliphatic heterocycles. The third-order valence-electron chi connectivity index (χ3n) is 5.56. The minimum Gasteiger partial charge on any atom is -0.424 e. The molecule has 0 unspecified atom stereocenters. The van der Waals surface area contributed by atoms with Gasteiger partial charge < -0.3 is 9.90 Å². The number of rotatable bonds is 7. The van der Waals surface area contributed by atoms with Gasteiger partial charge >= 0.3 is 0 Å². The summed E-state index contributed by atoms with van der Waals surface area (Å²) in [5.41, 5.74) is 1.76. The highest BCUT2D eigenvalue weighted by Gasteiger charge is 2.49. The van der Waals surface area contributed by atoms with E-state index in [1.54, 1.807) is 0 Å². The van der Waals surface area contributed by atoms with Crippen LogP contribution in [0.15, 0.2) is 66.7 Å². The lowest BCUT2D eigenvalue weighted by Crippen LogP contribution is -2.65. The van der Waals surface area contributed by atoms with Gasteiger partial charge in [0, 0.05) is 12.7 Å². The van der Waals surface area contributed by atoms with E-state index in [0.29, 0.717) is 5.69 Å². The summed E-state index contributed by atoms with van der Waals surface area (Å²) in [5, 5.41) is 15.4. The predicted octanol–water partition coefficient (Wildman–Crippen LogP) is 2.38. The average molecular weight is 381 g/mol. The van der Waals surface area contributed by atoms with Crippen LogP contribution in [0.5, 0.6) is 0 Å². The molecule has 0 bridgehead atoms. The van der Waals surface area contributed by atoms with Crippen LogP contribution in [0, 0.1) is 0 Å². The molecule has 0 spiro atoms. The van der Waals surface area contributed by atoms with E-state index in [1.165, 1.54) is 0 Å². The van der Waals surface area contributed by atoms with Crippen molar-refractivity contribution in [2.24, 2.45) is 7.05 Å². The minimum atomic E-state index is -2.98. The van der Waals surface area contributed by atoms with Crippen molar-refractivity contribution in [2.45, 2.75) is 38.3 Å². The van der Waals surface area contributed by atoms with E-state index < -0.39 is 8.32 Å². The van der Waals surface area contributed by atoms with Crippen molar-refractivity contribution in [1.29, 1.82) is 0 Å². The van der Waals surface area contributed by atoms with Crippen LogP contribution in [0.3, 0.4) is 0 Å². The van der Waals surface area contributed by atoms with Gasteiger partial charge in [0.1, 0.15) is 0 Å². The second-order valence-electron chi connectivity index (χ2n) is 7.74. The summed E-state index contributed by atoms with van der Waals surface area (Å²) < 4.78 is 1.83. The molecular formula is C22H28N2O2Si. The molecule has 27 heavy (non-hydrogen) atoms. The Labute approximate surface area is 162 Å². The van der Waals surface area contributed by atoms with Gasteiger partial charge in [0.15, 0.2) is 0 Å². The summed E-state index contributed by atoms with van der Waals surface area (Å²) >= 11 is 0. The number of nitrogens with zero attached hydrogens (tertiary/aromatic N) is 2. The molecule has 3 rings (SSSR count). The molecular weight excluding hydrogens is 352 g/mol. The fraction of sp³-hybridized carbons (Fsp3) is 0.318. The zero-order valence-corrected chi connectivity index (χ0v) is 17.3. The first kappa shape index (κ1) is 19.5. The van der Waals surface area contributed by atoms with Gasteiger partial charge in [0.25, 0.3) is 8.32 Å². The fourth-order valence-electron chi connectivity index (χ4n) is 3.81. The Balaban J connectivity index is 1.96. The van der Waals surface area contributed by atoms with Gasteiger partial charge in [-0.1, -0.05) is 74.5 Å². The van der Waals surface area contributed by atoms with E-state index in [1.807, 2.05) is 54.2 Å². The standard InChI is InChI=1S/C22H28N2O2Si/c1-22(2,15-14-19-16-18(17-25)23-24(19)3)27(26,20-10-6-4-7-11-20)21-12-8-5-9-13-21/h4-13,16,25-26H,14-15,17H2,1-3H3. The maximum Gasteiger partial charge on any atom is 0.258 e. The molecule has 142 valence electrons. The van der Waals surface area contributed by atoms with Gasteiger partial charge in [0.05, 0.1) is 12.3 Å². The number of aromatic nitrogens is 2. The van der Waals surface area contributed by atoms with Crippen molar-refractivity contribution >= 4 is 18.7 Å². The zero-order chi connectivity index (χ0) is 19.5. The highest BCUT2D eigenvalue weighted by molar-refractivity contribution is 6.98. The molecule has 4 nitrogen and oxygen atoms in total. The largest absolute Gasteiger partial charge is 0.424 e. The van der Waals surface area contributed by atoms with Crippen molar-refractivity contribution in [1.82, 2.24) is 9.78 Å². The Morgan fingerprint density at radius 1 is 0.963 bits per heavy atom. The Kier molecular flexibility index (Phi) is 5.65. The van der Waals surface area contributed by atoms with Crippen LogP contribution in [0.2, 0.25) is 5.04 Å². The van der Waals surface area contributed by atoms with Crippen LogP contribution in [0.4, 0.5) is 0 Å². The number of aliphatic hydroxyl groups is 1. The third kappa shape index (κ3) is 3.76. The smallest absolute Gasteiger partial charge is 0.258 e. The molecule has 1 heterocycles. The SMILES string of the molecule is Cn1nc(CO)cc1CCC(C)(C)[Si](O)(c1ccccc1)c1ccccc1. The number of aryl methyl sites for hydroxylation is 2. The summed E-state index contributed by atoms with van der Waals surface area (Å²) in [6.07, 6.45) is 1.62. The fourth-order valence-corrected chi connectivity index (χ4v) is 7.54. The first-order valence-corrected chi connectivity index (χ1v) is 11.3. The van der Waals surface area contributed by atoms with Crippen LogP contribution in [0.1, 0.15) is 31.7 Å². The Morgan fingerprint density at radius 2 is 1.48 bits per heavy atom. The zero-order valence-electron chi connectivity index (χ0n) is 16.3. The van der Waals surface area contributed by atoms with Gasteiger partial charge in [-0.15, -0.1) is 0 Å². The van der Waals surface area contributed by atoms with Crippen LogP contribution < -0.4 is 10.4 Å². The maximum atomic E-state index is 12.2. The molecule has 0 amide bonds. The van der Waals surface area contributed by atoms with Gasteiger partial charge in [-0.25, -0.2) is 0 Å². The van der Waals surface area contributed by atoms with Gasteiger partial charge in [-0.2, -0.15) is 5.10 Å². The van der Waals surface area contributed by atoms with Gasteiger partial charge in [-0.05, 0) is 34.3 Å². The molecule has 0 saturated carbocycles. The molecule has 1 aromatic heterocycles. The third-order valence-corrected chi connectivity index (χ3v) is 10.1. The number of hydrogen-bond donors (Lipinski definition) is 2. The lowest BCUT2D eigenvalue weighted by molar-refractivity contribution is 0.275. The summed E-state index contributed by atoms with van der Waals surface area (Å²) in [6, 6.07) is 22.1. The monoisotopic (exact) mass is 380 g/mol. The summed E-state index contributed by atoms with van der Waals surface area (Å²) in [7, 11) is -1.08. The molecule has 0 saturated heterocycles. The molecule has 2 aromatic carbocycles. The van der Waals surface area contributed by atoms with Crippen molar-refractivity contribution in [3.05, 3.63) is 78.1 Å². The molecule has 0 radical (unpaired) electrons. The number of hydrogen-bond acceptors (Lipinski definition) is 3. The second-order valence-corrected chi connectivity index (χ2v) is 11.7. The summed E-state index contributed by atoms with van der Waals surface area (Å²) in [6.45, 7) is 4.29. The van der Waals surface area contributed by atoms with E-state index in [-0.39, 0.29) is 11.6 Å². The molecule has 0 aliphatic rings. The van der Waals surface area contributed by atoms with E-state index in [2.05, 4.69) is 43.2 Å².